The lowest BCUT2D eigenvalue weighted by molar-refractivity contribution is 0.282. The van der Waals surface area contributed by atoms with Crippen LogP contribution in [-0.2, 0) is 6.61 Å². The average molecular weight is 449 g/mol. The van der Waals surface area contributed by atoms with Crippen molar-refractivity contribution in [3.8, 4) is 0 Å². The fraction of sp³-hybridized carbons (Fsp3) is 0.161. The molecule has 0 radical (unpaired) electrons. The Morgan fingerprint density at radius 3 is 1.47 bits per heavy atom. The number of rotatable bonds is 9. The lowest BCUT2D eigenvalue weighted by atomic mass is 10.1. The van der Waals surface area contributed by atoms with E-state index in [1.54, 1.807) is 0 Å². The quantitative estimate of drug-likeness (QED) is 0.266. The minimum atomic E-state index is 0.0465. The Hall–Kier alpha value is -3.82. The van der Waals surface area contributed by atoms with E-state index in [2.05, 4.69) is 96.5 Å². The second kappa shape index (κ2) is 11.4. The Balaban J connectivity index is 1.55. The van der Waals surface area contributed by atoms with Gasteiger partial charge in [0.05, 0.1) is 6.61 Å². The number of hydrogen-bond acceptors (Lipinski definition) is 3. The largest absolute Gasteiger partial charge is 0.392 e. The lowest BCUT2D eigenvalue weighted by Crippen LogP contribution is -2.21. The van der Waals surface area contributed by atoms with Gasteiger partial charge in [-0.2, -0.15) is 0 Å². The second-order valence-electron chi connectivity index (χ2n) is 8.18. The topological polar surface area (TPSA) is 26.7 Å². The summed E-state index contributed by atoms with van der Waals surface area (Å²) in [4.78, 5) is 4.57. The number of hydrogen-bond donors (Lipinski definition) is 1. The first-order valence-corrected chi connectivity index (χ1v) is 11.9. The number of aliphatic hydroxyl groups excluding tert-OH is 1. The van der Waals surface area contributed by atoms with E-state index in [1.807, 2.05) is 42.5 Å². The van der Waals surface area contributed by atoms with Crippen LogP contribution in [0.25, 0.3) is 12.2 Å². The molecule has 172 valence electrons. The molecule has 3 heteroatoms. The number of nitrogens with zero attached hydrogens (tertiary/aromatic N) is 2. The zero-order valence-electron chi connectivity index (χ0n) is 19.9. The normalized spacial score (nSPS) is 11.0. The standard InChI is InChI=1S/C31H32N2O/c1-3-32(4-2)28-18-12-25(13-19-28)10-11-26-14-20-30(21-15-26)33(29-8-6-5-7-9-29)31-22-16-27(24-34)17-23-31/h5-23,34H,3-4,24H2,1-2H3. The Bertz CT molecular complexity index is 1180. The predicted octanol–water partition coefficient (Wildman–Crippen LogP) is 7.67. The van der Waals surface area contributed by atoms with Crippen molar-refractivity contribution in [2.45, 2.75) is 20.5 Å². The molecule has 0 atom stereocenters. The Labute approximate surface area is 203 Å². The molecule has 0 saturated carbocycles. The van der Waals surface area contributed by atoms with Crippen LogP contribution in [-0.4, -0.2) is 18.2 Å². The van der Waals surface area contributed by atoms with Gasteiger partial charge in [-0.05, 0) is 79.1 Å². The van der Waals surface area contributed by atoms with Crippen LogP contribution >= 0.6 is 0 Å². The Kier molecular flexibility index (Phi) is 7.79. The summed E-state index contributed by atoms with van der Waals surface area (Å²) in [6.45, 7) is 6.45. The van der Waals surface area contributed by atoms with Crippen LogP contribution in [0, 0.1) is 0 Å². The maximum absolute atomic E-state index is 9.40. The summed E-state index contributed by atoms with van der Waals surface area (Å²) in [6, 6.07) is 35.7. The van der Waals surface area contributed by atoms with E-state index in [1.165, 1.54) is 11.3 Å². The highest BCUT2D eigenvalue weighted by Crippen LogP contribution is 2.34. The molecule has 0 bridgehead atoms. The van der Waals surface area contributed by atoms with E-state index in [0.29, 0.717) is 0 Å². The van der Waals surface area contributed by atoms with Gasteiger partial charge in [-0.1, -0.05) is 66.7 Å². The summed E-state index contributed by atoms with van der Waals surface area (Å²) in [5.41, 5.74) is 7.75. The molecule has 0 fully saturated rings. The third kappa shape index (κ3) is 5.56. The summed E-state index contributed by atoms with van der Waals surface area (Å²) in [6.07, 6.45) is 4.31. The van der Waals surface area contributed by atoms with Gasteiger partial charge in [0, 0.05) is 35.8 Å². The molecule has 1 N–H and O–H groups in total. The first kappa shape index (κ1) is 23.3. The molecule has 0 spiro atoms. The number of aliphatic hydroxyl groups is 1. The van der Waals surface area contributed by atoms with Crippen molar-refractivity contribution in [1.82, 2.24) is 0 Å². The zero-order valence-corrected chi connectivity index (χ0v) is 19.9. The van der Waals surface area contributed by atoms with E-state index >= 15 is 0 Å². The van der Waals surface area contributed by atoms with Crippen molar-refractivity contribution >= 4 is 34.9 Å². The first-order valence-electron chi connectivity index (χ1n) is 11.9. The molecule has 34 heavy (non-hydrogen) atoms. The molecule has 0 unspecified atom stereocenters. The fourth-order valence-electron chi connectivity index (χ4n) is 4.09. The summed E-state index contributed by atoms with van der Waals surface area (Å²) < 4.78 is 0. The zero-order chi connectivity index (χ0) is 23.8. The van der Waals surface area contributed by atoms with Gasteiger partial charge >= 0.3 is 0 Å². The van der Waals surface area contributed by atoms with E-state index in [-0.39, 0.29) is 6.61 Å². The highest BCUT2D eigenvalue weighted by atomic mass is 16.3. The van der Waals surface area contributed by atoms with E-state index in [4.69, 9.17) is 0 Å². The van der Waals surface area contributed by atoms with Crippen molar-refractivity contribution in [3.05, 3.63) is 120 Å². The molecule has 4 aromatic rings. The van der Waals surface area contributed by atoms with Crippen molar-refractivity contribution < 1.29 is 5.11 Å². The lowest BCUT2D eigenvalue weighted by Gasteiger charge is -2.25. The third-order valence-electron chi connectivity index (χ3n) is 6.03. The van der Waals surface area contributed by atoms with Crippen LogP contribution in [0.3, 0.4) is 0 Å². The minimum Gasteiger partial charge on any atom is -0.392 e. The molecule has 0 aromatic heterocycles. The van der Waals surface area contributed by atoms with Gasteiger partial charge in [-0.3, -0.25) is 0 Å². The highest BCUT2D eigenvalue weighted by Gasteiger charge is 2.12. The maximum Gasteiger partial charge on any atom is 0.0681 e. The number of anilines is 4. The SMILES string of the molecule is CCN(CC)c1ccc(C=Cc2ccc(N(c3ccccc3)c3ccc(CO)cc3)cc2)cc1. The van der Waals surface area contributed by atoms with Crippen LogP contribution in [0.4, 0.5) is 22.7 Å². The van der Waals surface area contributed by atoms with Gasteiger partial charge < -0.3 is 14.9 Å². The molecule has 0 aliphatic heterocycles. The molecule has 3 nitrogen and oxygen atoms in total. The summed E-state index contributed by atoms with van der Waals surface area (Å²) in [5.74, 6) is 0. The molecular formula is C31H32N2O. The van der Waals surface area contributed by atoms with Crippen molar-refractivity contribution in [2.24, 2.45) is 0 Å². The Morgan fingerprint density at radius 1 is 0.559 bits per heavy atom. The smallest absolute Gasteiger partial charge is 0.0681 e. The third-order valence-corrected chi connectivity index (χ3v) is 6.03. The van der Waals surface area contributed by atoms with Crippen LogP contribution in [0.1, 0.15) is 30.5 Å². The summed E-state index contributed by atoms with van der Waals surface area (Å²) in [7, 11) is 0. The van der Waals surface area contributed by atoms with Gasteiger partial charge in [0.25, 0.3) is 0 Å². The highest BCUT2D eigenvalue weighted by molar-refractivity contribution is 5.78. The van der Waals surface area contributed by atoms with Crippen LogP contribution < -0.4 is 9.80 Å². The van der Waals surface area contributed by atoms with Gasteiger partial charge in [0.15, 0.2) is 0 Å². The van der Waals surface area contributed by atoms with Crippen molar-refractivity contribution in [3.63, 3.8) is 0 Å². The van der Waals surface area contributed by atoms with E-state index in [9.17, 15) is 5.11 Å². The van der Waals surface area contributed by atoms with Gasteiger partial charge in [-0.15, -0.1) is 0 Å². The van der Waals surface area contributed by atoms with Gasteiger partial charge in [-0.25, -0.2) is 0 Å². The molecule has 0 aliphatic rings. The summed E-state index contributed by atoms with van der Waals surface area (Å²) in [5, 5.41) is 9.40. The van der Waals surface area contributed by atoms with Gasteiger partial charge in [0.2, 0.25) is 0 Å². The van der Waals surface area contributed by atoms with Crippen molar-refractivity contribution in [1.29, 1.82) is 0 Å². The molecule has 0 saturated heterocycles. The van der Waals surface area contributed by atoms with Gasteiger partial charge in [0.1, 0.15) is 0 Å². The number of benzene rings is 4. The maximum atomic E-state index is 9.40. The summed E-state index contributed by atoms with van der Waals surface area (Å²) >= 11 is 0. The van der Waals surface area contributed by atoms with Crippen LogP contribution in [0.5, 0.6) is 0 Å². The fourth-order valence-corrected chi connectivity index (χ4v) is 4.09. The average Bonchev–Trinajstić information content (AvgIpc) is 2.91. The molecular weight excluding hydrogens is 416 g/mol. The number of para-hydroxylation sites is 1. The molecule has 4 rings (SSSR count). The van der Waals surface area contributed by atoms with E-state index in [0.717, 1.165) is 41.3 Å². The second-order valence-corrected chi connectivity index (χ2v) is 8.18. The van der Waals surface area contributed by atoms with Crippen LogP contribution in [0.2, 0.25) is 0 Å². The molecule has 0 aliphatic carbocycles. The first-order chi connectivity index (χ1) is 16.7. The molecule has 0 amide bonds. The monoisotopic (exact) mass is 448 g/mol. The Morgan fingerprint density at radius 2 is 1.00 bits per heavy atom. The predicted molar refractivity (Wildman–Crippen MR) is 146 cm³/mol. The molecule has 4 aromatic carbocycles. The van der Waals surface area contributed by atoms with E-state index < -0.39 is 0 Å². The molecule has 0 heterocycles. The minimum absolute atomic E-state index is 0.0465. The van der Waals surface area contributed by atoms with Crippen molar-refractivity contribution in [2.75, 3.05) is 22.9 Å². The van der Waals surface area contributed by atoms with Crippen LogP contribution in [0.15, 0.2) is 103 Å².